The van der Waals surface area contributed by atoms with Gasteiger partial charge < -0.3 is 10.6 Å². The molecule has 0 saturated carbocycles. The molecule has 1 atom stereocenters. The van der Waals surface area contributed by atoms with Gasteiger partial charge in [-0.2, -0.15) is 0 Å². The normalized spacial score (nSPS) is 18.6. The van der Waals surface area contributed by atoms with Crippen LogP contribution in [0.5, 0.6) is 0 Å². The van der Waals surface area contributed by atoms with Crippen molar-refractivity contribution in [3.8, 4) is 0 Å². The number of rotatable bonds is 5. The maximum Gasteiger partial charge on any atom is 0.238 e. The Labute approximate surface area is 125 Å². The molecular weight excluding hydrogens is 281 g/mol. The van der Waals surface area contributed by atoms with Crippen molar-refractivity contribution in [3.05, 3.63) is 30.1 Å². The van der Waals surface area contributed by atoms with Crippen molar-refractivity contribution >= 4 is 24.0 Å². The Kier molecular flexibility index (Phi) is 6.91. The summed E-state index contributed by atoms with van der Waals surface area (Å²) < 4.78 is 12.7. The molecular formula is C14H21ClFN3O. The molecule has 2 rings (SSSR count). The van der Waals surface area contributed by atoms with Gasteiger partial charge in [-0.1, -0.05) is 0 Å². The molecule has 4 nitrogen and oxygen atoms in total. The van der Waals surface area contributed by atoms with Crippen LogP contribution in [0.4, 0.5) is 10.1 Å². The lowest BCUT2D eigenvalue weighted by Gasteiger charge is -2.15. The zero-order valence-electron chi connectivity index (χ0n) is 11.6. The van der Waals surface area contributed by atoms with Crippen molar-refractivity contribution in [2.75, 3.05) is 38.5 Å². The molecule has 6 heteroatoms. The molecule has 1 aliphatic heterocycles. The lowest BCUT2D eigenvalue weighted by Crippen LogP contribution is -2.32. The molecule has 0 radical (unpaired) electrons. The van der Waals surface area contributed by atoms with E-state index in [0.717, 1.165) is 26.1 Å². The highest BCUT2D eigenvalue weighted by Crippen LogP contribution is 2.15. The summed E-state index contributed by atoms with van der Waals surface area (Å²) in [7, 11) is 1.95. The maximum atomic E-state index is 12.7. The smallest absolute Gasteiger partial charge is 0.238 e. The van der Waals surface area contributed by atoms with Gasteiger partial charge in [-0.25, -0.2) is 4.39 Å². The Morgan fingerprint density at radius 3 is 2.75 bits per heavy atom. The summed E-state index contributed by atoms with van der Waals surface area (Å²) in [6.07, 6.45) is 1.13. The molecule has 1 unspecified atom stereocenters. The number of halogens is 2. The molecule has 1 fully saturated rings. The van der Waals surface area contributed by atoms with Crippen LogP contribution in [0.1, 0.15) is 6.42 Å². The van der Waals surface area contributed by atoms with E-state index in [1.54, 1.807) is 12.1 Å². The lowest BCUT2D eigenvalue weighted by atomic mass is 10.1. The number of hydrogen-bond acceptors (Lipinski definition) is 3. The van der Waals surface area contributed by atoms with E-state index in [9.17, 15) is 9.18 Å². The molecule has 0 spiro atoms. The fraction of sp³-hybridized carbons (Fsp3) is 0.500. The predicted octanol–water partition coefficient (Wildman–Crippen LogP) is 1.73. The molecule has 0 aliphatic carbocycles. The number of hydrogen-bond donors (Lipinski definition) is 2. The molecule has 1 amide bonds. The van der Waals surface area contributed by atoms with Crippen LogP contribution in [0.15, 0.2) is 24.3 Å². The van der Waals surface area contributed by atoms with Crippen molar-refractivity contribution in [2.24, 2.45) is 5.92 Å². The van der Waals surface area contributed by atoms with Crippen molar-refractivity contribution in [1.82, 2.24) is 10.2 Å². The van der Waals surface area contributed by atoms with Gasteiger partial charge in [0, 0.05) is 12.2 Å². The number of anilines is 1. The van der Waals surface area contributed by atoms with Crippen molar-refractivity contribution in [1.29, 1.82) is 0 Å². The van der Waals surface area contributed by atoms with Gasteiger partial charge in [0.25, 0.3) is 0 Å². The summed E-state index contributed by atoms with van der Waals surface area (Å²) in [5.41, 5.74) is 0.636. The Hall–Kier alpha value is -1.17. The average Bonchev–Trinajstić information content (AvgIpc) is 2.80. The summed E-state index contributed by atoms with van der Waals surface area (Å²) >= 11 is 0. The summed E-state index contributed by atoms with van der Waals surface area (Å²) in [6, 6.07) is 5.82. The van der Waals surface area contributed by atoms with E-state index in [1.165, 1.54) is 12.1 Å². The molecule has 20 heavy (non-hydrogen) atoms. The number of carbonyl (C=O) groups excluding carboxylic acids is 1. The highest BCUT2D eigenvalue weighted by atomic mass is 35.5. The molecule has 1 aromatic carbocycles. The second kappa shape index (κ2) is 8.19. The number of carbonyl (C=O) groups is 1. The third-order valence-electron chi connectivity index (χ3n) is 3.36. The van der Waals surface area contributed by atoms with E-state index >= 15 is 0 Å². The van der Waals surface area contributed by atoms with E-state index in [-0.39, 0.29) is 24.1 Å². The molecule has 1 heterocycles. The van der Waals surface area contributed by atoms with Crippen molar-refractivity contribution in [3.63, 3.8) is 0 Å². The van der Waals surface area contributed by atoms with Gasteiger partial charge in [0.1, 0.15) is 5.82 Å². The molecule has 0 bridgehead atoms. The monoisotopic (exact) mass is 301 g/mol. The Bertz CT molecular complexity index is 427. The summed E-state index contributed by atoms with van der Waals surface area (Å²) in [4.78, 5) is 14.0. The van der Waals surface area contributed by atoms with Crippen LogP contribution in [0.25, 0.3) is 0 Å². The van der Waals surface area contributed by atoms with Crippen LogP contribution in [0.3, 0.4) is 0 Å². The second-order valence-corrected chi connectivity index (χ2v) is 5.00. The topological polar surface area (TPSA) is 44.4 Å². The Morgan fingerprint density at radius 2 is 2.10 bits per heavy atom. The fourth-order valence-electron chi connectivity index (χ4n) is 2.45. The number of likely N-dealkylation sites (tertiary alicyclic amines) is 1. The minimum Gasteiger partial charge on any atom is -0.325 e. The van der Waals surface area contributed by atoms with Crippen LogP contribution < -0.4 is 10.6 Å². The van der Waals surface area contributed by atoms with Crippen molar-refractivity contribution in [2.45, 2.75) is 6.42 Å². The first kappa shape index (κ1) is 16.9. The first-order valence-corrected chi connectivity index (χ1v) is 6.60. The van der Waals surface area contributed by atoms with Crippen LogP contribution in [0, 0.1) is 11.7 Å². The lowest BCUT2D eigenvalue weighted by molar-refractivity contribution is -0.117. The van der Waals surface area contributed by atoms with Crippen LogP contribution >= 0.6 is 12.4 Å². The SMILES string of the molecule is CNCC1CCN(CC(=O)Nc2ccc(F)cc2)C1.Cl. The van der Waals surface area contributed by atoms with Gasteiger partial charge in [0.15, 0.2) is 0 Å². The first-order chi connectivity index (χ1) is 9.17. The molecule has 1 aliphatic rings. The van der Waals surface area contributed by atoms with Crippen molar-refractivity contribution < 1.29 is 9.18 Å². The summed E-state index contributed by atoms with van der Waals surface area (Å²) in [5, 5.41) is 5.95. The zero-order chi connectivity index (χ0) is 13.7. The largest absolute Gasteiger partial charge is 0.325 e. The van der Waals surface area contributed by atoms with Gasteiger partial charge in [-0.15, -0.1) is 12.4 Å². The van der Waals surface area contributed by atoms with E-state index in [4.69, 9.17) is 0 Å². The van der Waals surface area contributed by atoms with Gasteiger partial charge >= 0.3 is 0 Å². The van der Waals surface area contributed by atoms with Gasteiger partial charge in [0.2, 0.25) is 5.91 Å². The molecule has 0 aromatic heterocycles. The van der Waals surface area contributed by atoms with Gasteiger partial charge in [-0.05, 0) is 56.7 Å². The maximum absolute atomic E-state index is 12.7. The van der Waals surface area contributed by atoms with Crippen LogP contribution in [0.2, 0.25) is 0 Å². The van der Waals surface area contributed by atoms with Crippen LogP contribution in [-0.2, 0) is 4.79 Å². The minimum absolute atomic E-state index is 0. The van der Waals surface area contributed by atoms with E-state index in [1.807, 2.05) is 7.05 Å². The molecule has 112 valence electrons. The summed E-state index contributed by atoms with van der Waals surface area (Å²) in [6.45, 7) is 3.31. The zero-order valence-corrected chi connectivity index (χ0v) is 12.4. The van der Waals surface area contributed by atoms with Gasteiger partial charge in [-0.3, -0.25) is 9.69 Å². The third-order valence-corrected chi connectivity index (χ3v) is 3.36. The fourth-order valence-corrected chi connectivity index (χ4v) is 2.45. The Morgan fingerprint density at radius 1 is 1.40 bits per heavy atom. The standard InChI is InChI=1S/C14H20FN3O.ClH/c1-16-8-11-6-7-18(9-11)10-14(19)17-13-4-2-12(15)3-5-13;/h2-5,11,16H,6-10H2,1H3,(H,17,19);1H. The average molecular weight is 302 g/mol. The number of nitrogens with one attached hydrogen (secondary N) is 2. The third kappa shape index (κ3) is 5.07. The molecule has 1 aromatic rings. The van der Waals surface area contributed by atoms with E-state index < -0.39 is 0 Å². The predicted molar refractivity (Wildman–Crippen MR) is 80.8 cm³/mol. The number of nitrogens with zero attached hydrogens (tertiary/aromatic N) is 1. The first-order valence-electron chi connectivity index (χ1n) is 6.60. The highest BCUT2D eigenvalue weighted by molar-refractivity contribution is 5.92. The van der Waals surface area contributed by atoms with Gasteiger partial charge in [0.05, 0.1) is 6.54 Å². The highest BCUT2D eigenvalue weighted by Gasteiger charge is 2.23. The van der Waals surface area contributed by atoms with E-state index in [2.05, 4.69) is 15.5 Å². The van der Waals surface area contributed by atoms with E-state index in [0.29, 0.717) is 18.2 Å². The Balaban J connectivity index is 0.00000200. The van der Waals surface area contributed by atoms with Crippen LogP contribution in [-0.4, -0.2) is 44.0 Å². The molecule has 2 N–H and O–H groups in total. The number of amides is 1. The quantitative estimate of drug-likeness (QED) is 0.870. The molecule has 1 saturated heterocycles. The summed E-state index contributed by atoms with van der Waals surface area (Å²) in [5.74, 6) is 0.285. The number of benzene rings is 1. The second-order valence-electron chi connectivity index (χ2n) is 5.00. The minimum atomic E-state index is -0.299.